The monoisotopic (exact) mass is 387 g/mol. The summed E-state index contributed by atoms with van der Waals surface area (Å²) in [6, 6.07) is 6.40. The average Bonchev–Trinajstić information content (AvgIpc) is 2.89. The molecule has 1 aromatic rings. The van der Waals surface area contributed by atoms with E-state index in [0.29, 0.717) is 6.42 Å². The summed E-state index contributed by atoms with van der Waals surface area (Å²) >= 11 is 5.88. The number of carbonyl (C=O) groups excluding carboxylic acids is 3. The van der Waals surface area contributed by atoms with Crippen LogP contribution in [-0.4, -0.2) is 44.2 Å². The fraction of sp³-hybridized carbons (Fsp3) is 0.400. The van der Waals surface area contributed by atoms with Crippen molar-refractivity contribution in [3.05, 3.63) is 34.9 Å². The summed E-state index contributed by atoms with van der Waals surface area (Å²) in [7, 11) is -3.05. The Morgan fingerprint density at radius 2 is 1.80 bits per heavy atom. The van der Waals surface area contributed by atoms with E-state index < -0.39 is 27.6 Å². The maximum Gasteiger partial charge on any atom is 0.257 e. The highest BCUT2D eigenvalue weighted by Gasteiger charge is 2.29. The minimum atomic E-state index is -3.05. The number of carbonyl (C=O) groups is 3. The first-order valence-electron chi connectivity index (χ1n) is 7.57. The maximum absolute atomic E-state index is 11.9. The van der Waals surface area contributed by atoms with E-state index in [1.54, 1.807) is 18.2 Å². The van der Waals surface area contributed by atoms with Crippen LogP contribution in [0.1, 0.15) is 23.2 Å². The van der Waals surface area contributed by atoms with Crippen molar-refractivity contribution in [2.75, 3.05) is 18.1 Å². The second kappa shape index (κ2) is 8.30. The smallest absolute Gasteiger partial charge is 0.257 e. The summed E-state index contributed by atoms with van der Waals surface area (Å²) in [5.74, 6) is -1.76. The zero-order valence-electron chi connectivity index (χ0n) is 13.2. The van der Waals surface area contributed by atoms with Gasteiger partial charge < -0.3 is 5.32 Å². The van der Waals surface area contributed by atoms with Gasteiger partial charge in [0.25, 0.3) is 11.8 Å². The molecule has 0 aliphatic carbocycles. The molecule has 136 valence electrons. The SMILES string of the molecule is O=C(CNC(=O)c1ccccc1Cl)NNC(=O)C[C@H]1CCS(=O)(=O)C1. The number of hydrazine groups is 1. The molecule has 0 spiro atoms. The first-order valence-corrected chi connectivity index (χ1v) is 9.77. The van der Waals surface area contributed by atoms with Gasteiger partial charge in [0.1, 0.15) is 0 Å². The Kier molecular flexibility index (Phi) is 6.38. The molecule has 1 aliphatic heterocycles. The third-order valence-corrected chi connectivity index (χ3v) is 5.84. The molecule has 0 bridgehead atoms. The molecule has 1 saturated heterocycles. The van der Waals surface area contributed by atoms with Crippen molar-refractivity contribution in [1.82, 2.24) is 16.2 Å². The maximum atomic E-state index is 11.9. The van der Waals surface area contributed by atoms with Gasteiger partial charge in [-0.1, -0.05) is 23.7 Å². The minimum absolute atomic E-state index is 0.0116. The predicted molar refractivity (Wildman–Crippen MR) is 91.4 cm³/mol. The van der Waals surface area contributed by atoms with Gasteiger partial charge >= 0.3 is 0 Å². The number of hydrogen-bond acceptors (Lipinski definition) is 5. The molecule has 1 aliphatic rings. The summed E-state index contributed by atoms with van der Waals surface area (Å²) in [4.78, 5) is 35.2. The van der Waals surface area contributed by atoms with Gasteiger partial charge in [-0.3, -0.25) is 25.2 Å². The highest BCUT2D eigenvalue weighted by Crippen LogP contribution is 2.21. The zero-order chi connectivity index (χ0) is 18.4. The fourth-order valence-corrected chi connectivity index (χ4v) is 4.51. The summed E-state index contributed by atoms with van der Waals surface area (Å²) < 4.78 is 22.7. The molecular formula is C15H18ClN3O5S. The van der Waals surface area contributed by atoms with Crippen LogP contribution in [0.2, 0.25) is 5.02 Å². The first-order chi connectivity index (χ1) is 11.8. The molecule has 3 N–H and O–H groups in total. The number of amides is 3. The molecular weight excluding hydrogens is 370 g/mol. The van der Waals surface area contributed by atoms with Crippen molar-refractivity contribution in [2.45, 2.75) is 12.8 Å². The van der Waals surface area contributed by atoms with Crippen LogP contribution in [0.4, 0.5) is 0 Å². The normalized spacial score (nSPS) is 18.4. The average molecular weight is 388 g/mol. The Morgan fingerprint density at radius 1 is 1.12 bits per heavy atom. The van der Waals surface area contributed by atoms with Gasteiger partial charge in [-0.15, -0.1) is 0 Å². The van der Waals surface area contributed by atoms with Gasteiger partial charge in [-0.25, -0.2) is 8.42 Å². The van der Waals surface area contributed by atoms with Gasteiger partial charge in [-0.2, -0.15) is 0 Å². The predicted octanol–water partition coefficient (Wildman–Crippen LogP) is 0.0420. The van der Waals surface area contributed by atoms with E-state index in [1.807, 2.05) is 0 Å². The molecule has 25 heavy (non-hydrogen) atoms. The van der Waals surface area contributed by atoms with Crippen molar-refractivity contribution < 1.29 is 22.8 Å². The molecule has 8 nitrogen and oxygen atoms in total. The van der Waals surface area contributed by atoms with Crippen LogP contribution in [0, 0.1) is 5.92 Å². The van der Waals surface area contributed by atoms with Crippen LogP contribution < -0.4 is 16.2 Å². The molecule has 10 heteroatoms. The van der Waals surface area contributed by atoms with Gasteiger partial charge in [0.2, 0.25) is 5.91 Å². The number of hydrogen-bond donors (Lipinski definition) is 3. The largest absolute Gasteiger partial charge is 0.343 e. The zero-order valence-corrected chi connectivity index (χ0v) is 14.8. The lowest BCUT2D eigenvalue weighted by atomic mass is 10.1. The lowest BCUT2D eigenvalue weighted by Crippen LogP contribution is -2.46. The highest BCUT2D eigenvalue weighted by molar-refractivity contribution is 7.91. The van der Waals surface area contributed by atoms with Crippen molar-refractivity contribution in [1.29, 1.82) is 0 Å². The Hall–Kier alpha value is -2.13. The van der Waals surface area contributed by atoms with E-state index in [-0.39, 0.29) is 41.0 Å². The van der Waals surface area contributed by atoms with E-state index in [1.165, 1.54) is 6.07 Å². The van der Waals surface area contributed by atoms with Crippen LogP contribution in [0.5, 0.6) is 0 Å². The molecule has 0 aromatic heterocycles. The van der Waals surface area contributed by atoms with E-state index in [2.05, 4.69) is 16.2 Å². The molecule has 1 aromatic carbocycles. The van der Waals surface area contributed by atoms with E-state index in [0.717, 1.165) is 0 Å². The molecule has 0 saturated carbocycles. The van der Waals surface area contributed by atoms with Gasteiger partial charge in [-0.05, 0) is 24.5 Å². The van der Waals surface area contributed by atoms with Crippen LogP contribution in [0.25, 0.3) is 0 Å². The molecule has 0 radical (unpaired) electrons. The summed E-state index contributed by atoms with van der Waals surface area (Å²) in [5, 5.41) is 2.65. The second-order valence-corrected chi connectivity index (χ2v) is 8.37. The quantitative estimate of drug-likeness (QED) is 0.616. The van der Waals surface area contributed by atoms with E-state index >= 15 is 0 Å². The molecule has 1 heterocycles. The highest BCUT2D eigenvalue weighted by atomic mass is 35.5. The van der Waals surface area contributed by atoms with Crippen molar-refractivity contribution in [3.63, 3.8) is 0 Å². The van der Waals surface area contributed by atoms with E-state index in [9.17, 15) is 22.8 Å². The van der Waals surface area contributed by atoms with Crippen LogP contribution in [0.15, 0.2) is 24.3 Å². The third-order valence-electron chi connectivity index (χ3n) is 3.67. The second-order valence-electron chi connectivity index (χ2n) is 5.73. The molecule has 2 rings (SSSR count). The van der Waals surface area contributed by atoms with Crippen molar-refractivity contribution >= 4 is 39.2 Å². The third kappa shape index (κ3) is 6.02. The number of benzene rings is 1. The van der Waals surface area contributed by atoms with Gasteiger partial charge in [0.05, 0.1) is 28.6 Å². The number of halogens is 1. The lowest BCUT2D eigenvalue weighted by Gasteiger charge is -2.10. The van der Waals surface area contributed by atoms with Crippen molar-refractivity contribution in [3.8, 4) is 0 Å². The topological polar surface area (TPSA) is 121 Å². The molecule has 1 fully saturated rings. The first kappa shape index (κ1) is 19.2. The lowest BCUT2D eigenvalue weighted by molar-refractivity contribution is -0.128. The number of rotatable bonds is 5. The van der Waals surface area contributed by atoms with E-state index in [4.69, 9.17) is 11.6 Å². The summed E-state index contributed by atoms with van der Waals surface area (Å²) in [6.07, 6.45) is 0.461. The summed E-state index contributed by atoms with van der Waals surface area (Å²) in [6.45, 7) is -0.345. The Balaban J connectivity index is 1.69. The standard InChI is InChI=1S/C15H18ClN3O5S/c16-12-4-2-1-3-11(12)15(22)17-8-14(21)19-18-13(20)7-10-5-6-25(23,24)9-10/h1-4,10H,5-9H2,(H,17,22)(H,18,20)(H,19,21)/t10-/m1/s1. The van der Waals surface area contributed by atoms with Crippen LogP contribution in [0.3, 0.4) is 0 Å². The Bertz CT molecular complexity index is 781. The van der Waals surface area contributed by atoms with Crippen molar-refractivity contribution in [2.24, 2.45) is 5.92 Å². The molecule has 3 amide bonds. The molecule has 1 atom stereocenters. The summed E-state index contributed by atoms with van der Waals surface area (Å²) in [5.41, 5.74) is 4.60. The van der Waals surface area contributed by atoms with Crippen LogP contribution in [-0.2, 0) is 19.4 Å². The fourth-order valence-electron chi connectivity index (χ4n) is 2.43. The number of nitrogens with one attached hydrogen (secondary N) is 3. The molecule has 0 unspecified atom stereocenters. The van der Waals surface area contributed by atoms with Crippen LogP contribution >= 0.6 is 11.6 Å². The Morgan fingerprint density at radius 3 is 2.44 bits per heavy atom. The number of sulfone groups is 1. The van der Waals surface area contributed by atoms with Gasteiger partial charge in [0, 0.05) is 6.42 Å². The Labute approximate surface area is 150 Å². The minimum Gasteiger partial charge on any atom is -0.343 e. The van der Waals surface area contributed by atoms with Gasteiger partial charge in [0.15, 0.2) is 9.84 Å².